The third-order valence-corrected chi connectivity index (χ3v) is 18.8. The summed E-state index contributed by atoms with van der Waals surface area (Å²) in [5, 5.41) is 129. The number of hydrogen-bond donors (Lipinski definition) is 12. The highest BCUT2D eigenvalue weighted by atomic mass is 16.8. The van der Waals surface area contributed by atoms with Crippen LogP contribution < -0.4 is 0 Å². The maximum absolute atomic E-state index is 12.7. The largest absolute Gasteiger partial charge is 0.394 e. The first-order valence-electron chi connectivity index (χ1n) is 24.4. The maximum atomic E-state index is 12.7. The van der Waals surface area contributed by atoms with Crippen LogP contribution in [0.15, 0.2) is 11.6 Å². The van der Waals surface area contributed by atoms with Crippen LogP contribution in [0.5, 0.6) is 0 Å². The summed E-state index contributed by atoms with van der Waals surface area (Å²) in [4.78, 5) is 0. The van der Waals surface area contributed by atoms with E-state index in [4.69, 9.17) is 28.4 Å². The van der Waals surface area contributed by atoms with E-state index in [2.05, 4.69) is 40.7 Å². The minimum absolute atomic E-state index is 0.0905. The fraction of sp³-hybridized carbons (Fsp3) is 0.958. The highest BCUT2D eigenvalue weighted by Gasteiger charge is 2.72. The van der Waals surface area contributed by atoms with Gasteiger partial charge in [0.25, 0.3) is 0 Å². The van der Waals surface area contributed by atoms with E-state index < -0.39 is 135 Å². The quantitative estimate of drug-likeness (QED) is 0.0853. The number of ether oxygens (including phenoxy) is 6. The van der Waals surface area contributed by atoms with Crippen LogP contribution in [0, 0.1) is 45.3 Å². The van der Waals surface area contributed by atoms with Crippen molar-refractivity contribution in [1.29, 1.82) is 0 Å². The van der Waals surface area contributed by atoms with Gasteiger partial charge in [-0.3, -0.25) is 0 Å². The zero-order valence-electron chi connectivity index (χ0n) is 40.0. The Labute approximate surface area is 388 Å². The van der Waals surface area contributed by atoms with E-state index in [1.807, 2.05) is 20.8 Å². The topological polar surface area (TPSA) is 298 Å². The van der Waals surface area contributed by atoms with Gasteiger partial charge in [-0.05, 0) is 124 Å². The Morgan fingerprint density at radius 1 is 0.606 bits per heavy atom. The third-order valence-electron chi connectivity index (χ3n) is 18.8. The summed E-state index contributed by atoms with van der Waals surface area (Å²) in [5.74, 6) is -0.151. The summed E-state index contributed by atoms with van der Waals surface area (Å²) in [7, 11) is 0. The summed E-state index contributed by atoms with van der Waals surface area (Å²) in [6, 6.07) is 0. The van der Waals surface area contributed by atoms with Crippen molar-refractivity contribution in [2.45, 2.75) is 223 Å². The van der Waals surface area contributed by atoms with E-state index in [0.29, 0.717) is 25.7 Å². The lowest BCUT2D eigenvalue weighted by Gasteiger charge is -2.71. The van der Waals surface area contributed by atoms with Crippen molar-refractivity contribution in [3.05, 3.63) is 11.6 Å². The highest BCUT2D eigenvalue weighted by Crippen LogP contribution is 2.76. The zero-order chi connectivity index (χ0) is 48.6. The Bertz CT molecular complexity index is 1680. The van der Waals surface area contributed by atoms with Crippen molar-refractivity contribution < 1.29 is 89.7 Å². The first-order valence-corrected chi connectivity index (χ1v) is 24.4. The van der Waals surface area contributed by atoms with Gasteiger partial charge in [0.05, 0.1) is 37.6 Å². The van der Waals surface area contributed by atoms with E-state index in [-0.39, 0.29) is 39.9 Å². The van der Waals surface area contributed by atoms with Crippen LogP contribution in [0.2, 0.25) is 0 Å². The molecule has 12 N–H and O–H groups in total. The Balaban J connectivity index is 1.13. The fourth-order valence-electron chi connectivity index (χ4n) is 14.9. The van der Waals surface area contributed by atoms with Crippen LogP contribution in [0.3, 0.4) is 0 Å². The van der Waals surface area contributed by atoms with Gasteiger partial charge < -0.3 is 89.7 Å². The van der Waals surface area contributed by atoms with Gasteiger partial charge in [-0.15, -0.1) is 0 Å². The van der Waals surface area contributed by atoms with E-state index in [0.717, 1.165) is 37.7 Å². The summed E-state index contributed by atoms with van der Waals surface area (Å²) in [6.45, 7) is 15.5. The van der Waals surface area contributed by atoms with Crippen LogP contribution in [0.25, 0.3) is 0 Å². The molecule has 3 aliphatic heterocycles. The maximum Gasteiger partial charge on any atom is 0.187 e. The van der Waals surface area contributed by atoms with Gasteiger partial charge in [0.1, 0.15) is 73.2 Å². The molecule has 25 atom stereocenters. The number of fused-ring (bicyclic) bond motifs is 5. The molecule has 4 saturated carbocycles. The number of aliphatic hydroxyl groups is 12. The molecule has 7 rings (SSSR count). The van der Waals surface area contributed by atoms with Gasteiger partial charge >= 0.3 is 0 Å². The minimum atomic E-state index is -1.79. The highest BCUT2D eigenvalue weighted by molar-refractivity contribution is 5.20. The van der Waals surface area contributed by atoms with Gasteiger partial charge in [-0.25, -0.2) is 0 Å². The standard InChI is InChI=1S/C48H82O18/c1-22(2)10-9-14-48(8,66-42-39(60)36(57)33(54)26(20-50)62-42)23-11-16-47(7)31(23)24(52)18-29-45(5)15-13-30(44(3,4)28(45)12-17-46(29,47)6)64-43-40(37(58)34(55)27(21-51)63-43)65-41-38(59)35(56)32(53)25(19-49)61-41/h10,23-43,49-60H,9,11-21H2,1-8H3/t23-,24+,25+,26+,27+,28-,29+,30-,31-,32+,33+,34+,35-,36-,37-,38+,39+,40+,41-,42-,43-,45-,46+,47+,48+/m0/s1. The summed E-state index contributed by atoms with van der Waals surface area (Å²) in [5.41, 5.74) is -1.12. The Hall–Kier alpha value is -0.980. The minimum Gasteiger partial charge on any atom is -0.394 e. The van der Waals surface area contributed by atoms with Crippen molar-refractivity contribution in [3.63, 3.8) is 0 Å². The molecular formula is C48H82O18. The van der Waals surface area contributed by atoms with Crippen molar-refractivity contribution in [2.24, 2.45) is 45.3 Å². The molecule has 18 heteroatoms. The molecule has 66 heavy (non-hydrogen) atoms. The van der Waals surface area contributed by atoms with Gasteiger partial charge in [0.15, 0.2) is 18.9 Å². The monoisotopic (exact) mass is 947 g/mol. The van der Waals surface area contributed by atoms with Crippen molar-refractivity contribution in [3.8, 4) is 0 Å². The Kier molecular flexibility index (Phi) is 15.7. The first-order chi connectivity index (χ1) is 30.8. The predicted octanol–water partition coefficient (Wildman–Crippen LogP) is -0.0268. The zero-order valence-corrected chi connectivity index (χ0v) is 40.0. The van der Waals surface area contributed by atoms with Gasteiger partial charge in [0, 0.05) is 0 Å². The average molecular weight is 947 g/mol. The van der Waals surface area contributed by atoms with E-state index in [1.165, 1.54) is 0 Å². The van der Waals surface area contributed by atoms with Crippen molar-refractivity contribution >= 4 is 0 Å². The predicted molar refractivity (Wildman–Crippen MR) is 234 cm³/mol. The summed E-state index contributed by atoms with van der Waals surface area (Å²) < 4.78 is 37.2. The molecule has 18 nitrogen and oxygen atoms in total. The molecule has 3 heterocycles. The molecule has 0 spiro atoms. The molecule has 0 aromatic heterocycles. The lowest BCUT2D eigenvalue weighted by atomic mass is 9.35. The van der Waals surface area contributed by atoms with Crippen molar-refractivity contribution in [1.82, 2.24) is 0 Å². The molecular weight excluding hydrogens is 865 g/mol. The van der Waals surface area contributed by atoms with Crippen LogP contribution in [-0.4, -0.2) is 191 Å². The van der Waals surface area contributed by atoms with Crippen molar-refractivity contribution in [2.75, 3.05) is 19.8 Å². The normalized spacial score (nSPS) is 52.4. The fourth-order valence-corrected chi connectivity index (χ4v) is 14.9. The van der Waals surface area contributed by atoms with Gasteiger partial charge in [-0.2, -0.15) is 0 Å². The Morgan fingerprint density at radius 2 is 1.14 bits per heavy atom. The van der Waals surface area contributed by atoms with E-state index >= 15 is 0 Å². The second-order valence-corrected chi connectivity index (χ2v) is 22.9. The lowest BCUT2D eigenvalue weighted by Crippen LogP contribution is -2.68. The molecule has 3 saturated heterocycles. The summed E-state index contributed by atoms with van der Waals surface area (Å²) in [6.07, 6.45) is -15.4. The molecule has 0 aromatic rings. The van der Waals surface area contributed by atoms with E-state index in [1.54, 1.807) is 0 Å². The van der Waals surface area contributed by atoms with E-state index in [9.17, 15) is 61.3 Å². The van der Waals surface area contributed by atoms with Crippen LogP contribution in [-0.2, 0) is 28.4 Å². The van der Waals surface area contributed by atoms with Crippen LogP contribution >= 0.6 is 0 Å². The molecule has 0 amide bonds. The smallest absolute Gasteiger partial charge is 0.187 e. The number of rotatable bonds is 13. The molecule has 7 aliphatic rings. The summed E-state index contributed by atoms with van der Waals surface area (Å²) >= 11 is 0. The molecule has 4 aliphatic carbocycles. The lowest BCUT2D eigenvalue weighted by molar-refractivity contribution is -0.378. The molecule has 7 fully saturated rings. The third kappa shape index (κ3) is 8.79. The van der Waals surface area contributed by atoms with Gasteiger partial charge in [0.2, 0.25) is 0 Å². The van der Waals surface area contributed by atoms with Crippen LogP contribution in [0.4, 0.5) is 0 Å². The molecule has 0 aromatic carbocycles. The second kappa shape index (κ2) is 19.6. The SMILES string of the molecule is CC(C)=CCC[C@@](C)(O[C@@H]1O[C@H](CO)[C@@H](O)[C@H](O)[C@H]1O)[C@H]1CC[C@]2(C)[C@@H]1[C@H](O)C[C@@H]1[C@@]3(C)CC[C@H](O[C@@H]4O[C@H](CO)[C@@H](O)[C@H](O)[C@H]4O[C@@H]4O[C@H](CO)[C@@H](O)[C@H](O)[C@H]4O)C(C)(C)[C@@H]3CC[C@]12C. The second-order valence-electron chi connectivity index (χ2n) is 22.9. The molecule has 0 bridgehead atoms. The van der Waals surface area contributed by atoms with Crippen LogP contribution in [0.1, 0.15) is 113 Å². The first kappa shape index (κ1) is 52.8. The van der Waals surface area contributed by atoms with Gasteiger partial charge in [-0.1, -0.05) is 46.3 Å². The number of allylic oxidation sites excluding steroid dienone is 2. The molecule has 0 radical (unpaired) electrons. The number of aliphatic hydroxyl groups excluding tert-OH is 12. The molecule has 382 valence electrons. The Morgan fingerprint density at radius 3 is 1.71 bits per heavy atom. The average Bonchev–Trinajstić information content (AvgIpc) is 3.65. The number of hydrogen-bond acceptors (Lipinski definition) is 18. The molecule has 0 unspecified atom stereocenters.